The van der Waals surface area contributed by atoms with Gasteiger partial charge in [0, 0.05) is 50.7 Å². The van der Waals surface area contributed by atoms with Gasteiger partial charge in [-0.05, 0) is 46.5 Å². The van der Waals surface area contributed by atoms with E-state index in [1.54, 1.807) is 0 Å². The van der Waals surface area contributed by atoms with E-state index in [0.29, 0.717) is 18.5 Å². The van der Waals surface area contributed by atoms with Crippen LogP contribution in [0.5, 0.6) is 0 Å². The Bertz CT molecular complexity index is 379. The molecule has 2 N–H and O–H groups in total. The lowest BCUT2D eigenvalue weighted by atomic mass is 9.89. The number of piperidine rings is 1. The maximum absolute atomic E-state index is 12.2. The highest BCUT2D eigenvalue weighted by Gasteiger charge is 2.31. The van der Waals surface area contributed by atoms with Crippen LogP contribution in [0.2, 0.25) is 0 Å². The van der Waals surface area contributed by atoms with Crippen LogP contribution < -0.4 is 5.32 Å². The Kier molecular flexibility index (Phi) is 7.98. The van der Waals surface area contributed by atoms with Crippen molar-refractivity contribution in [3.05, 3.63) is 0 Å². The van der Waals surface area contributed by atoms with E-state index in [-0.39, 0.29) is 18.1 Å². The predicted octanol–water partition coefficient (Wildman–Crippen LogP) is 1.99. The van der Waals surface area contributed by atoms with Crippen molar-refractivity contribution in [2.45, 2.75) is 89.9 Å². The van der Waals surface area contributed by atoms with Gasteiger partial charge in [-0.1, -0.05) is 12.8 Å². The Morgan fingerprint density at radius 1 is 1.17 bits per heavy atom. The lowest BCUT2D eigenvalue weighted by Crippen LogP contribution is -2.52. The quantitative estimate of drug-likeness (QED) is 0.745. The number of likely N-dealkylation sites (tertiary alicyclic amines) is 1. The van der Waals surface area contributed by atoms with Gasteiger partial charge in [0.25, 0.3) is 0 Å². The van der Waals surface area contributed by atoms with Gasteiger partial charge in [0.1, 0.15) is 0 Å². The van der Waals surface area contributed by atoms with Gasteiger partial charge >= 0.3 is 0 Å². The third-order valence-corrected chi connectivity index (χ3v) is 5.81. The molecule has 2 fully saturated rings. The molecule has 1 aliphatic heterocycles. The van der Waals surface area contributed by atoms with Gasteiger partial charge in [0.05, 0.1) is 6.10 Å². The molecule has 3 atom stereocenters. The average Bonchev–Trinajstić information content (AvgIpc) is 2.57. The Hall–Kier alpha value is -0.650. The van der Waals surface area contributed by atoms with E-state index in [1.807, 2.05) is 18.7 Å². The highest BCUT2D eigenvalue weighted by atomic mass is 16.3. The lowest BCUT2D eigenvalue weighted by molar-refractivity contribution is -0.131. The molecule has 0 aromatic carbocycles. The predicted molar refractivity (Wildman–Crippen MR) is 98.0 cm³/mol. The zero-order valence-corrected chi connectivity index (χ0v) is 15.8. The second-order valence-corrected chi connectivity index (χ2v) is 7.57. The van der Waals surface area contributed by atoms with Crippen molar-refractivity contribution < 1.29 is 9.90 Å². The monoisotopic (exact) mass is 339 g/mol. The minimum atomic E-state index is -0.131. The summed E-state index contributed by atoms with van der Waals surface area (Å²) in [4.78, 5) is 16.6. The zero-order valence-electron chi connectivity index (χ0n) is 15.8. The van der Waals surface area contributed by atoms with Crippen LogP contribution >= 0.6 is 0 Å². The molecule has 0 spiro atoms. The molecule has 1 saturated heterocycles. The highest BCUT2D eigenvalue weighted by Crippen LogP contribution is 2.26. The first kappa shape index (κ1) is 19.7. The summed E-state index contributed by atoms with van der Waals surface area (Å²) in [5.41, 5.74) is 0. The number of hydrogen-bond acceptors (Lipinski definition) is 4. The van der Waals surface area contributed by atoms with Crippen LogP contribution in [0.3, 0.4) is 0 Å². The summed E-state index contributed by atoms with van der Waals surface area (Å²) in [5.74, 6) is 0.253. The smallest absolute Gasteiger partial charge is 0.224 e. The van der Waals surface area contributed by atoms with E-state index in [2.05, 4.69) is 17.1 Å². The highest BCUT2D eigenvalue weighted by molar-refractivity contribution is 5.76. The lowest BCUT2D eigenvalue weighted by Gasteiger charge is -2.42. The van der Waals surface area contributed by atoms with E-state index >= 15 is 0 Å². The van der Waals surface area contributed by atoms with Crippen molar-refractivity contribution in [3.8, 4) is 0 Å². The van der Waals surface area contributed by atoms with E-state index in [9.17, 15) is 9.90 Å². The fourth-order valence-corrected chi connectivity index (χ4v) is 4.34. The van der Waals surface area contributed by atoms with Crippen molar-refractivity contribution in [2.24, 2.45) is 0 Å². The Balaban J connectivity index is 1.71. The number of amides is 1. The summed E-state index contributed by atoms with van der Waals surface area (Å²) in [6, 6.07) is 1.11. The molecular formula is C19H37N3O2. The number of nitrogens with zero attached hydrogens (tertiary/aromatic N) is 2. The maximum Gasteiger partial charge on any atom is 0.224 e. The number of nitrogens with one attached hydrogen (secondary N) is 1. The van der Waals surface area contributed by atoms with Gasteiger partial charge in [-0.3, -0.25) is 9.69 Å². The van der Waals surface area contributed by atoms with Crippen LogP contribution in [0.25, 0.3) is 0 Å². The second-order valence-electron chi connectivity index (χ2n) is 7.57. The molecule has 3 unspecified atom stereocenters. The van der Waals surface area contributed by atoms with Crippen LogP contribution in [0.4, 0.5) is 0 Å². The molecule has 5 nitrogen and oxygen atoms in total. The van der Waals surface area contributed by atoms with Crippen molar-refractivity contribution in [1.29, 1.82) is 0 Å². The third kappa shape index (κ3) is 5.43. The van der Waals surface area contributed by atoms with Gasteiger partial charge in [0.2, 0.25) is 5.91 Å². The topological polar surface area (TPSA) is 55.8 Å². The second kappa shape index (κ2) is 9.73. The molecule has 2 rings (SSSR count). The molecule has 0 aromatic heterocycles. The van der Waals surface area contributed by atoms with E-state index < -0.39 is 0 Å². The summed E-state index contributed by atoms with van der Waals surface area (Å²) in [6.07, 6.45) is 7.23. The van der Waals surface area contributed by atoms with Crippen LogP contribution in [0, 0.1) is 0 Å². The minimum absolute atomic E-state index is 0.131. The Labute approximate surface area is 147 Å². The van der Waals surface area contributed by atoms with Crippen LogP contribution in [-0.4, -0.2) is 71.2 Å². The number of rotatable bonds is 7. The first-order valence-corrected chi connectivity index (χ1v) is 10.0. The molecule has 0 bridgehead atoms. The molecule has 24 heavy (non-hydrogen) atoms. The molecule has 2 aliphatic rings. The normalized spacial score (nSPS) is 27.8. The van der Waals surface area contributed by atoms with Gasteiger partial charge in [0.15, 0.2) is 0 Å². The first-order chi connectivity index (χ1) is 11.5. The summed E-state index contributed by atoms with van der Waals surface area (Å²) in [5, 5.41) is 13.9. The Morgan fingerprint density at radius 2 is 1.79 bits per heavy atom. The van der Waals surface area contributed by atoms with Gasteiger partial charge in [-0.15, -0.1) is 0 Å². The van der Waals surface area contributed by atoms with Crippen LogP contribution in [0.15, 0.2) is 0 Å². The largest absolute Gasteiger partial charge is 0.391 e. The molecule has 0 radical (unpaired) electrons. The molecule has 5 heteroatoms. The number of carbonyl (C=O) groups excluding carboxylic acids is 1. The minimum Gasteiger partial charge on any atom is -0.391 e. The first-order valence-electron chi connectivity index (χ1n) is 10.0. The van der Waals surface area contributed by atoms with Crippen molar-refractivity contribution in [1.82, 2.24) is 15.1 Å². The maximum atomic E-state index is 12.2. The van der Waals surface area contributed by atoms with E-state index in [1.165, 1.54) is 12.8 Å². The van der Waals surface area contributed by atoms with Crippen LogP contribution in [-0.2, 0) is 4.79 Å². The summed E-state index contributed by atoms with van der Waals surface area (Å²) >= 11 is 0. The van der Waals surface area contributed by atoms with Crippen molar-refractivity contribution >= 4 is 5.91 Å². The van der Waals surface area contributed by atoms with Gasteiger partial charge in [-0.2, -0.15) is 0 Å². The fraction of sp³-hybridized carbons (Fsp3) is 0.947. The number of aliphatic hydroxyl groups excluding tert-OH is 1. The summed E-state index contributed by atoms with van der Waals surface area (Å²) in [6.45, 7) is 9.92. The van der Waals surface area contributed by atoms with Crippen molar-refractivity contribution in [2.75, 3.05) is 26.2 Å². The SMILES string of the molecule is CCN(CC)C(=O)CC(C)NC1CCN(C2CCCCC2O)CC1. The van der Waals surface area contributed by atoms with E-state index in [4.69, 9.17) is 0 Å². The van der Waals surface area contributed by atoms with Gasteiger partial charge in [-0.25, -0.2) is 0 Å². The summed E-state index contributed by atoms with van der Waals surface area (Å²) < 4.78 is 0. The van der Waals surface area contributed by atoms with Crippen molar-refractivity contribution in [3.63, 3.8) is 0 Å². The average molecular weight is 340 g/mol. The molecule has 0 aromatic rings. The molecule has 140 valence electrons. The standard InChI is InChI=1S/C19H37N3O2/c1-4-21(5-2)19(24)14-15(3)20-16-10-12-22(13-11-16)17-8-6-7-9-18(17)23/h15-18,20,23H,4-14H2,1-3H3. The summed E-state index contributed by atoms with van der Waals surface area (Å²) in [7, 11) is 0. The number of hydrogen-bond donors (Lipinski definition) is 2. The van der Waals surface area contributed by atoms with Gasteiger partial charge < -0.3 is 15.3 Å². The molecule has 1 saturated carbocycles. The molecule has 1 aliphatic carbocycles. The zero-order chi connectivity index (χ0) is 17.5. The number of aliphatic hydroxyl groups is 1. The number of carbonyl (C=O) groups is 1. The van der Waals surface area contributed by atoms with Crippen LogP contribution in [0.1, 0.15) is 65.7 Å². The molecule has 1 heterocycles. The van der Waals surface area contributed by atoms with E-state index in [0.717, 1.165) is 51.9 Å². The fourth-order valence-electron chi connectivity index (χ4n) is 4.34. The molecule has 1 amide bonds. The third-order valence-electron chi connectivity index (χ3n) is 5.81. The Morgan fingerprint density at radius 3 is 2.38 bits per heavy atom. The molecular weight excluding hydrogens is 302 g/mol.